The minimum Gasteiger partial charge on any atom is -0.497 e. The Morgan fingerprint density at radius 3 is 2.81 bits per heavy atom. The average molecular weight is 358 g/mol. The summed E-state index contributed by atoms with van der Waals surface area (Å²) >= 11 is 0. The highest BCUT2D eigenvalue weighted by atomic mass is 16.5. The Morgan fingerprint density at radius 2 is 2.00 bits per heavy atom. The van der Waals surface area contributed by atoms with E-state index < -0.39 is 0 Å². The standard InChI is InChI=1S/C18H14N8O/c1-27-11-5-6-12-10(7-11)3-2-4-13(12)14-8-20-18-15(17-22-24-25-23-17)9-21-26(18)16(14)19/h2-9H,19H2,1H3,(H,22,23,24,25). The van der Waals surface area contributed by atoms with Gasteiger partial charge in [-0.15, -0.1) is 5.10 Å². The van der Waals surface area contributed by atoms with Gasteiger partial charge in [-0.1, -0.05) is 24.3 Å². The first-order valence-corrected chi connectivity index (χ1v) is 8.19. The molecule has 3 aromatic heterocycles. The number of benzene rings is 2. The van der Waals surface area contributed by atoms with Crippen LogP contribution < -0.4 is 10.5 Å². The van der Waals surface area contributed by atoms with Gasteiger partial charge in [-0.3, -0.25) is 0 Å². The third-order valence-corrected chi connectivity index (χ3v) is 4.54. The number of hydrogen-bond acceptors (Lipinski definition) is 7. The van der Waals surface area contributed by atoms with Crippen LogP contribution in [0.3, 0.4) is 0 Å². The number of aromatic nitrogens is 7. The number of methoxy groups -OCH3 is 1. The maximum atomic E-state index is 6.44. The monoisotopic (exact) mass is 358 g/mol. The average Bonchev–Trinajstić information content (AvgIpc) is 3.37. The molecule has 9 heteroatoms. The van der Waals surface area contributed by atoms with E-state index in [0.717, 1.165) is 27.6 Å². The molecule has 27 heavy (non-hydrogen) atoms. The number of H-pyrrole nitrogens is 1. The molecule has 3 N–H and O–H groups in total. The molecule has 0 amide bonds. The molecule has 2 aromatic carbocycles. The first-order chi connectivity index (χ1) is 13.3. The Hall–Kier alpha value is -4.01. The Balaban J connectivity index is 1.72. The zero-order chi connectivity index (χ0) is 18.4. The molecule has 0 fully saturated rings. The maximum Gasteiger partial charge on any atom is 0.184 e. The van der Waals surface area contributed by atoms with E-state index in [4.69, 9.17) is 10.5 Å². The van der Waals surface area contributed by atoms with Crippen molar-refractivity contribution in [3.63, 3.8) is 0 Å². The van der Waals surface area contributed by atoms with Crippen LogP contribution in [0.2, 0.25) is 0 Å². The number of tetrazole rings is 1. The molecule has 0 aliphatic carbocycles. The first kappa shape index (κ1) is 15.3. The van der Waals surface area contributed by atoms with E-state index in [1.807, 2.05) is 36.4 Å². The largest absolute Gasteiger partial charge is 0.497 e. The van der Waals surface area contributed by atoms with E-state index in [1.54, 1.807) is 24.0 Å². The minimum absolute atomic E-state index is 0.488. The zero-order valence-corrected chi connectivity index (χ0v) is 14.3. The second-order valence-corrected chi connectivity index (χ2v) is 5.99. The highest BCUT2D eigenvalue weighted by molar-refractivity contribution is 5.99. The van der Waals surface area contributed by atoms with Gasteiger partial charge >= 0.3 is 0 Å². The van der Waals surface area contributed by atoms with Crippen LogP contribution in [0.5, 0.6) is 5.75 Å². The molecule has 9 nitrogen and oxygen atoms in total. The van der Waals surface area contributed by atoms with Crippen LogP contribution in [-0.2, 0) is 0 Å². The second kappa shape index (κ2) is 5.77. The van der Waals surface area contributed by atoms with E-state index in [-0.39, 0.29) is 0 Å². The van der Waals surface area contributed by atoms with Gasteiger partial charge in [0.15, 0.2) is 11.5 Å². The van der Waals surface area contributed by atoms with Gasteiger partial charge in [0.05, 0.1) is 18.9 Å². The van der Waals surface area contributed by atoms with Gasteiger partial charge in [0, 0.05) is 11.8 Å². The van der Waals surface area contributed by atoms with Crippen molar-refractivity contribution in [3.05, 3.63) is 48.8 Å². The molecule has 0 spiro atoms. The van der Waals surface area contributed by atoms with E-state index in [1.165, 1.54) is 0 Å². The first-order valence-electron chi connectivity index (χ1n) is 8.19. The number of nitrogens with zero attached hydrogens (tertiary/aromatic N) is 6. The molecular weight excluding hydrogens is 344 g/mol. The number of nitrogen functional groups attached to an aromatic ring is 1. The minimum atomic E-state index is 0.488. The Kier molecular flexibility index (Phi) is 3.26. The van der Waals surface area contributed by atoms with Crippen molar-refractivity contribution in [2.75, 3.05) is 12.8 Å². The van der Waals surface area contributed by atoms with Crippen LogP contribution in [0.15, 0.2) is 48.8 Å². The van der Waals surface area contributed by atoms with E-state index in [0.29, 0.717) is 22.9 Å². The molecule has 0 radical (unpaired) electrons. The van der Waals surface area contributed by atoms with Crippen LogP contribution in [-0.4, -0.2) is 42.3 Å². The molecule has 5 rings (SSSR count). The third-order valence-electron chi connectivity index (χ3n) is 4.54. The number of nitrogens with two attached hydrogens (primary N) is 1. The fourth-order valence-electron chi connectivity index (χ4n) is 3.22. The number of nitrogens with one attached hydrogen (secondary N) is 1. The number of rotatable bonds is 3. The smallest absolute Gasteiger partial charge is 0.184 e. The summed E-state index contributed by atoms with van der Waals surface area (Å²) in [6, 6.07) is 12.0. The van der Waals surface area contributed by atoms with Crippen molar-refractivity contribution in [2.24, 2.45) is 0 Å². The van der Waals surface area contributed by atoms with Crippen LogP contribution in [0.4, 0.5) is 5.82 Å². The molecular formula is C18H14N8O. The van der Waals surface area contributed by atoms with E-state index in [9.17, 15) is 0 Å². The van der Waals surface area contributed by atoms with Gasteiger partial charge in [0.1, 0.15) is 11.6 Å². The maximum absolute atomic E-state index is 6.44. The number of hydrogen-bond donors (Lipinski definition) is 2. The third kappa shape index (κ3) is 2.29. The van der Waals surface area contributed by atoms with Crippen molar-refractivity contribution in [3.8, 4) is 28.3 Å². The van der Waals surface area contributed by atoms with Gasteiger partial charge < -0.3 is 10.5 Å². The van der Waals surface area contributed by atoms with Gasteiger partial charge in [0.25, 0.3) is 0 Å². The Labute approximate surface area is 152 Å². The summed E-state index contributed by atoms with van der Waals surface area (Å²) in [5, 5.41) is 20.3. The molecule has 0 unspecified atom stereocenters. The van der Waals surface area contributed by atoms with Crippen LogP contribution in [0.25, 0.3) is 38.9 Å². The van der Waals surface area contributed by atoms with Crippen molar-refractivity contribution >= 4 is 22.2 Å². The lowest BCUT2D eigenvalue weighted by Crippen LogP contribution is -2.03. The van der Waals surface area contributed by atoms with Gasteiger partial charge in [-0.05, 0) is 38.9 Å². The molecule has 0 saturated heterocycles. The highest BCUT2D eigenvalue weighted by Gasteiger charge is 2.16. The number of anilines is 1. The molecule has 0 saturated carbocycles. The summed E-state index contributed by atoms with van der Waals surface area (Å²) in [6.07, 6.45) is 3.39. The lowest BCUT2D eigenvalue weighted by Gasteiger charge is -2.11. The summed E-state index contributed by atoms with van der Waals surface area (Å²) in [7, 11) is 1.65. The summed E-state index contributed by atoms with van der Waals surface area (Å²) in [5.41, 5.74) is 9.47. The van der Waals surface area contributed by atoms with Gasteiger partial charge in [-0.25, -0.2) is 10.1 Å². The highest BCUT2D eigenvalue weighted by Crippen LogP contribution is 2.34. The van der Waals surface area contributed by atoms with Crippen LogP contribution >= 0.6 is 0 Å². The summed E-state index contributed by atoms with van der Waals surface area (Å²) in [4.78, 5) is 4.56. The molecule has 0 aliphatic heterocycles. The summed E-state index contributed by atoms with van der Waals surface area (Å²) in [5.74, 6) is 1.78. The molecule has 3 heterocycles. The zero-order valence-electron chi connectivity index (χ0n) is 14.3. The van der Waals surface area contributed by atoms with E-state index in [2.05, 4.69) is 30.7 Å². The molecule has 0 aliphatic rings. The van der Waals surface area contributed by atoms with Gasteiger partial charge in [0.2, 0.25) is 0 Å². The fraction of sp³-hybridized carbons (Fsp3) is 0.0556. The van der Waals surface area contributed by atoms with Crippen molar-refractivity contribution in [1.82, 2.24) is 35.2 Å². The van der Waals surface area contributed by atoms with Crippen molar-refractivity contribution in [2.45, 2.75) is 0 Å². The molecule has 0 atom stereocenters. The van der Waals surface area contributed by atoms with Crippen LogP contribution in [0.1, 0.15) is 0 Å². The number of aromatic amines is 1. The Bertz CT molecular complexity index is 1280. The number of fused-ring (bicyclic) bond motifs is 2. The number of ether oxygens (including phenoxy) is 1. The van der Waals surface area contributed by atoms with E-state index >= 15 is 0 Å². The lowest BCUT2D eigenvalue weighted by atomic mass is 9.99. The lowest BCUT2D eigenvalue weighted by molar-refractivity contribution is 0.415. The normalized spacial score (nSPS) is 11.3. The van der Waals surface area contributed by atoms with Crippen LogP contribution in [0, 0.1) is 0 Å². The summed E-state index contributed by atoms with van der Waals surface area (Å²) in [6.45, 7) is 0. The predicted octanol–water partition coefficient (Wildman–Crippen LogP) is 2.32. The Morgan fingerprint density at radius 1 is 1.07 bits per heavy atom. The van der Waals surface area contributed by atoms with Crippen molar-refractivity contribution < 1.29 is 4.74 Å². The molecule has 0 bridgehead atoms. The topological polar surface area (TPSA) is 120 Å². The fourth-order valence-corrected chi connectivity index (χ4v) is 3.22. The summed E-state index contributed by atoms with van der Waals surface area (Å²) < 4.78 is 6.91. The second-order valence-electron chi connectivity index (χ2n) is 5.99. The predicted molar refractivity (Wildman–Crippen MR) is 100 cm³/mol. The molecule has 5 aromatic rings. The quantitative estimate of drug-likeness (QED) is 0.508. The SMILES string of the molecule is COc1ccc2c(-c3cnc4c(-c5nnn[nH]5)cnn4c3N)cccc2c1. The van der Waals surface area contributed by atoms with Gasteiger partial charge in [-0.2, -0.15) is 9.61 Å². The molecule has 132 valence electrons. The van der Waals surface area contributed by atoms with Crippen molar-refractivity contribution in [1.29, 1.82) is 0 Å².